The maximum atomic E-state index is 5.95. The van der Waals surface area contributed by atoms with Gasteiger partial charge in [0.2, 0.25) is 0 Å². The van der Waals surface area contributed by atoms with Gasteiger partial charge in [-0.1, -0.05) is 37.3 Å². The summed E-state index contributed by atoms with van der Waals surface area (Å²) >= 11 is 3.49. The van der Waals surface area contributed by atoms with Crippen molar-refractivity contribution in [1.29, 1.82) is 0 Å². The van der Waals surface area contributed by atoms with Gasteiger partial charge in [-0.2, -0.15) is 0 Å². The van der Waals surface area contributed by atoms with Gasteiger partial charge < -0.3 is 10.1 Å². The van der Waals surface area contributed by atoms with Crippen molar-refractivity contribution >= 4 is 15.9 Å². The van der Waals surface area contributed by atoms with Gasteiger partial charge >= 0.3 is 0 Å². The molecule has 1 N–H and O–H groups in total. The summed E-state index contributed by atoms with van der Waals surface area (Å²) in [6.45, 7) is 3.86. The molecule has 3 heteroatoms. The number of hydrogen-bond donors (Lipinski definition) is 1. The first-order valence-corrected chi connectivity index (χ1v) is 6.81. The van der Waals surface area contributed by atoms with Crippen molar-refractivity contribution in [2.24, 2.45) is 0 Å². The lowest BCUT2D eigenvalue weighted by molar-refractivity contribution is 0.470. The normalized spacial score (nSPS) is 10.3. The van der Waals surface area contributed by atoms with Crippen molar-refractivity contribution < 1.29 is 4.74 Å². The van der Waals surface area contributed by atoms with Gasteiger partial charge in [0.1, 0.15) is 11.5 Å². The average Bonchev–Trinajstić information content (AvgIpc) is 2.40. The number of rotatable bonds is 5. The summed E-state index contributed by atoms with van der Waals surface area (Å²) in [6, 6.07) is 16.0. The second kappa shape index (κ2) is 6.57. The van der Waals surface area contributed by atoms with Crippen LogP contribution in [-0.2, 0) is 6.54 Å². The Kier molecular flexibility index (Phi) is 4.79. The van der Waals surface area contributed by atoms with E-state index in [1.165, 1.54) is 0 Å². The highest BCUT2D eigenvalue weighted by Gasteiger charge is 2.05. The molecule has 0 radical (unpaired) electrons. The molecule has 18 heavy (non-hydrogen) atoms. The highest BCUT2D eigenvalue weighted by Crippen LogP contribution is 2.30. The van der Waals surface area contributed by atoms with Crippen LogP contribution in [0.15, 0.2) is 53.0 Å². The third-order valence-corrected chi connectivity index (χ3v) is 3.25. The summed E-state index contributed by atoms with van der Waals surface area (Å²) in [5.74, 6) is 1.73. The van der Waals surface area contributed by atoms with Crippen molar-refractivity contribution in [3.63, 3.8) is 0 Å². The smallest absolute Gasteiger partial charge is 0.141 e. The van der Waals surface area contributed by atoms with Crippen molar-refractivity contribution in [2.75, 3.05) is 6.54 Å². The molecule has 94 valence electrons. The zero-order chi connectivity index (χ0) is 12.8. The van der Waals surface area contributed by atoms with Crippen LogP contribution in [0.25, 0.3) is 0 Å². The minimum Gasteiger partial charge on any atom is -0.456 e. The highest BCUT2D eigenvalue weighted by molar-refractivity contribution is 9.10. The van der Waals surface area contributed by atoms with E-state index < -0.39 is 0 Å². The van der Waals surface area contributed by atoms with Crippen LogP contribution in [-0.4, -0.2) is 6.54 Å². The van der Waals surface area contributed by atoms with Crippen LogP contribution in [0.5, 0.6) is 11.5 Å². The summed E-state index contributed by atoms with van der Waals surface area (Å²) < 4.78 is 6.91. The van der Waals surface area contributed by atoms with Gasteiger partial charge in [0.25, 0.3) is 0 Å². The van der Waals surface area contributed by atoms with Crippen LogP contribution in [0, 0.1) is 0 Å². The van der Waals surface area contributed by atoms with Crippen LogP contribution < -0.4 is 10.1 Å². The van der Waals surface area contributed by atoms with Gasteiger partial charge in [-0.15, -0.1) is 0 Å². The number of halogens is 1. The monoisotopic (exact) mass is 305 g/mol. The second-order valence-corrected chi connectivity index (χ2v) is 4.77. The van der Waals surface area contributed by atoms with Crippen molar-refractivity contribution in [3.8, 4) is 11.5 Å². The molecule has 2 aromatic rings. The van der Waals surface area contributed by atoms with Crippen LogP contribution in [0.3, 0.4) is 0 Å². The largest absolute Gasteiger partial charge is 0.456 e. The Morgan fingerprint density at radius 3 is 2.39 bits per heavy atom. The van der Waals surface area contributed by atoms with Crippen LogP contribution in [0.1, 0.15) is 12.5 Å². The molecule has 0 unspecified atom stereocenters. The van der Waals surface area contributed by atoms with E-state index in [4.69, 9.17) is 4.74 Å². The highest BCUT2D eigenvalue weighted by atomic mass is 79.9. The molecule has 0 aliphatic heterocycles. The Morgan fingerprint density at radius 2 is 1.67 bits per heavy atom. The molecule has 2 aromatic carbocycles. The maximum absolute atomic E-state index is 5.95. The minimum atomic E-state index is 0.817. The van der Waals surface area contributed by atoms with Crippen molar-refractivity contribution in [2.45, 2.75) is 13.5 Å². The summed E-state index contributed by atoms with van der Waals surface area (Å²) in [5, 5.41) is 3.31. The van der Waals surface area contributed by atoms with Gasteiger partial charge in [0.15, 0.2) is 0 Å². The van der Waals surface area contributed by atoms with E-state index >= 15 is 0 Å². The van der Waals surface area contributed by atoms with E-state index in [2.05, 4.69) is 34.2 Å². The summed E-state index contributed by atoms with van der Waals surface area (Å²) in [7, 11) is 0. The van der Waals surface area contributed by atoms with Gasteiger partial charge in [-0.25, -0.2) is 0 Å². The number of ether oxygens (including phenoxy) is 1. The van der Waals surface area contributed by atoms with Gasteiger partial charge in [0.05, 0.1) is 4.47 Å². The topological polar surface area (TPSA) is 21.3 Å². The van der Waals surface area contributed by atoms with E-state index in [1.807, 2.05) is 42.5 Å². The van der Waals surface area contributed by atoms with Crippen LogP contribution in [0.2, 0.25) is 0 Å². The van der Waals surface area contributed by atoms with Crippen LogP contribution in [0.4, 0.5) is 0 Å². The average molecular weight is 306 g/mol. The fourth-order valence-corrected chi connectivity index (χ4v) is 2.02. The molecule has 0 spiro atoms. The Bertz CT molecular complexity index is 513. The predicted octanol–water partition coefficient (Wildman–Crippen LogP) is 4.35. The molecule has 0 aliphatic rings. The van der Waals surface area contributed by atoms with Gasteiger partial charge in [0, 0.05) is 12.1 Å². The summed E-state index contributed by atoms with van der Waals surface area (Å²) in [5.41, 5.74) is 1.16. The Labute approximate surface area is 116 Å². The van der Waals surface area contributed by atoms with Crippen molar-refractivity contribution in [3.05, 3.63) is 58.6 Å². The Hall–Kier alpha value is -1.32. The third-order valence-electron chi connectivity index (χ3n) is 2.59. The van der Waals surface area contributed by atoms with E-state index in [1.54, 1.807) is 0 Å². The molecule has 0 heterocycles. The molecular weight excluding hydrogens is 290 g/mol. The molecule has 0 bridgehead atoms. The van der Waals surface area contributed by atoms with Crippen molar-refractivity contribution in [1.82, 2.24) is 5.32 Å². The zero-order valence-electron chi connectivity index (χ0n) is 10.3. The number of nitrogens with one attached hydrogen (secondary N) is 1. The quantitative estimate of drug-likeness (QED) is 0.886. The first kappa shape index (κ1) is 13.1. The zero-order valence-corrected chi connectivity index (χ0v) is 11.9. The van der Waals surface area contributed by atoms with E-state index in [-0.39, 0.29) is 0 Å². The lowest BCUT2D eigenvalue weighted by Crippen LogP contribution is -2.12. The second-order valence-electron chi connectivity index (χ2n) is 3.92. The van der Waals surface area contributed by atoms with Gasteiger partial charge in [-0.05, 0) is 40.7 Å². The molecule has 0 amide bonds. The molecule has 0 aromatic heterocycles. The number of benzene rings is 2. The first-order valence-electron chi connectivity index (χ1n) is 6.02. The summed E-state index contributed by atoms with van der Waals surface area (Å²) in [6.07, 6.45) is 0. The first-order chi connectivity index (χ1) is 8.81. The summed E-state index contributed by atoms with van der Waals surface area (Å²) in [4.78, 5) is 0. The lowest BCUT2D eigenvalue weighted by Gasteiger charge is -2.12. The Balaban J connectivity index is 2.21. The number of para-hydroxylation sites is 2. The molecule has 0 fully saturated rings. The van der Waals surface area contributed by atoms with Crippen LogP contribution >= 0.6 is 15.9 Å². The van der Waals surface area contributed by atoms with E-state index in [0.29, 0.717) is 0 Å². The molecule has 2 nitrogen and oxygen atoms in total. The van der Waals surface area contributed by atoms with E-state index in [9.17, 15) is 0 Å². The predicted molar refractivity (Wildman–Crippen MR) is 78.0 cm³/mol. The SMILES string of the molecule is CCNCc1ccccc1Oc1ccccc1Br. The fraction of sp³-hybridized carbons (Fsp3) is 0.200. The molecule has 0 aliphatic carbocycles. The third kappa shape index (κ3) is 3.34. The molecular formula is C15H16BrNO. The number of hydrogen-bond acceptors (Lipinski definition) is 2. The molecule has 2 rings (SSSR count). The molecule has 0 atom stereocenters. The Morgan fingerprint density at radius 1 is 1.00 bits per heavy atom. The van der Waals surface area contributed by atoms with Gasteiger partial charge in [-0.3, -0.25) is 0 Å². The van der Waals surface area contributed by atoms with E-state index in [0.717, 1.165) is 34.6 Å². The maximum Gasteiger partial charge on any atom is 0.141 e. The lowest BCUT2D eigenvalue weighted by atomic mass is 10.2. The standard InChI is InChI=1S/C15H16BrNO/c1-2-17-11-12-7-3-5-9-14(12)18-15-10-6-4-8-13(15)16/h3-10,17H,2,11H2,1H3. The molecule has 0 saturated carbocycles. The fourth-order valence-electron chi connectivity index (χ4n) is 1.66. The molecule has 0 saturated heterocycles. The minimum absolute atomic E-state index is 0.817.